The van der Waals surface area contributed by atoms with Crippen molar-refractivity contribution in [2.24, 2.45) is 0 Å². The molecule has 0 aliphatic carbocycles. The van der Waals surface area contributed by atoms with Gasteiger partial charge >= 0.3 is 0 Å². The average molecular weight is 251 g/mol. The summed E-state index contributed by atoms with van der Waals surface area (Å²) >= 11 is 0. The van der Waals surface area contributed by atoms with E-state index in [0.717, 1.165) is 24.7 Å². The molecular formula is C14H25N3O. The van der Waals surface area contributed by atoms with Gasteiger partial charge in [-0.3, -0.25) is 0 Å². The summed E-state index contributed by atoms with van der Waals surface area (Å²) < 4.78 is 5.71. The summed E-state index contributed by atoms with van der Waals surface area (Å²) in [5, 5.41) is 3.16. The second kappa shape index (κ2) is 7.34. The van der Waals surface area contributed by atoms with E-state index in [9.17, 15) is 0 Å². The van der Waals surface area contributed by atoms with Crippen LogP contribution in [0.3, 0.4) is 0 Å². The van der Waals surface area contributed by atoms with Crippen LogP contribution in [0.1, 0.15) is 31.0 Å². The van der Waals surface area contributed by atoms with Gasteiger partial charge in [-0.2, -0.15) is 0 Å². The Balaban J connectivity index is 2.75. The van der Waals surface area contributed by atoms with E-state index in [2.05, 4.69) is 35.1 Å². The van der Waals surface area contributed by atoms with Gasteiger partial charge in [-0.1, -0.05) is 13.8 Å². The van der Waals surface area contributed by atoms with Gasteiger partial charge in [0.15, 0.2) is 0 Å². The lowest BCUT2D eigenvalue weighted by atomic mass is 10.1. The van der Waals surface area contributed by atoms with Crippen LogP contribution in [0.4, 0.5) is 0 Å². The zero-order valence-corrected chi connectivity index (χ0v) is 12.2. The molecule has 0 saturated carbocycles. The van der Waals surface area contributed by atoms with Crippen LogP contribution in [0.5, 0.6) is 5.88 Å². The predicted molar refractivity (Wildman–Crippen MR) is 75.1 cm³/mol. The number of hydrogen-bond donors (Lipinski definition) is 1. The van der Waals surface area contributed by atoms with E-state index in [1.54, 1.807) is 0 Å². The number of nitrogens with one attached hydrogen (secondary N) is 1. The van der Waals surface area contributed by atoms with E-state index in [1.807, 2.05) is 27.2 Å². The molecule has 102 valence electrons. The van der Waals surface area contributed by atoms with Gasteiger partial charge in [0.1, 0.15) is 6.61 Å². The first-order valence-corrected chi connectivity index (χ1v) is 6.46. The number of nitrogens with zero attached hydrogens (tertiary/aromatic N) is 2. The molecule has 0 saturated heterocycles. The lowest BCUT2D eigenvalue weighted by Gasteiger charge is -2.13. The monoisotopic (exact) mass is 251 g/mol. The summed E-state index contributed by atoms with van der Waals surface area (Å²) in [6.45, 7) is 6.70. The molecule has 0 amide bonds. The van der Waals surface area contributed by atoms with Gasteiger partial charge in [0, 0.05) is 24.8 Å². The van der Waals surface area contributed by atoms with Gasteiger partial charge in [-0.25, -0.2) is 4.98 Å². The van der Waals surface area contributed by atoms with Gasteiger partial charge in [-0.05, 0) is 38.7 Å². The van der Waals surface area contributed by atoms with Gasteiger partial charge in [-0.15, -0.1) is 0 Å². The van der Waals surface area contributed by atoms with E-state index in [-0.39, 0.29) is 0 Å². The fourth-order valence-electron chi connectivity index (χ4n) is 1.59. The van der Waals surface area contributed by atoms with Gasteiger partial charge in [0.25, 0.3) is 0 Å². The zero-order chi connectivity index (χ0) is 13.5. The Morgan fingerprint density at radius 2 is 2.06 bits per heavy atom. The number of aromatic nitrogens is 1. The number of rotatable bonds is 7. The molecule has 18 heavy (non-hydrogen) atoms. The lowest BCUT2D eigenvalue weighted by Crippen LogP contribution is -2.20. The van der Waals surface area contributed by atoms with E-state index in [4.69, 9.17) is 4.74 Å². The fraction of sp³-hybridized carbons (Fsp3) is 0.643. The normalized spacial score (nSPS) is 11.3. The van der Waals surface area contributed by atoms with Crippen molar-refractivity contribution in [3.8, 4) is 5.88 Å². The molecule has 0 fully saturated rings. The van der Waals surface area contributed by atoms with Crippen molar-refractivity contribution in [2.75, 3.05) is 34.3 Å². The molecule has 4 nitrogen and oxygen atoms in total. The standard InChI is InChI=1S/C14H25N3O/c1-11(2)13-8-12(10-15-3)9-14(16-13)18-7-6-17(4)5/h8-9,11,15H,6-7,10H2,1-5H3. The molecule has 0 aliphatic rings. The van der Waals surface area contributed by atoms with Crippen molar-refractivity contribution in [1.29, 1.82) is 0 Å². The molecule has 1 aromatic rings. The maximum atomic E-state index is 5.71. The Morgan fingerprint density at radius 1 is 1.33 bits per heavy atom. The molecule has 0 aliphatic heterocycles. The third kappa shape index (κ3) is 5.02. The van der Waals surface area contributed by atoms with E-state index in [0.29, 0.717) is 12.5 Å². The number of hydrogen-bond acceptors (Lipinski definition) is 4. The Labute approximate surface area is 110 Å². The average Bonchev–Trinajstić information content (AvgIpc) is 2.28. The first-order valence-electron chi connectivity index (χ1n) is 6.46. The highest BCUT2D eigenvalue weighted by Gasteiger charge is 2.07. The SMILES string of the molecule is CNCc1cc(OCCN(C)C)nc(C(C)C)c1. The smallest absolute Gasteiger partial charge is 0.213 e. The summed E-state index contributed by atoms with van der Waals surface area (Å²) in [4.78, 5) is 6.64. The van der Waals surface area contributed by atoms with Crippen molar-refractivity contribution < 1.29 is 4.74 Å². The van der Waals surface area contributed by atoms with E-state index < -0.39 is 0 Å². The van der Waals surface area contributed by atoms with Crippen LogP contribution < -0.4 is 10.1 Å². The first kappa shape index (κ1) is 14.9. The number of pyridine rings is 1. The van der Waals surface area contributed by atoms with Crippen molar-refractivity contribution in [1.82, 2.24) is 15.2 Å². The second-order valence-corrected chi connectivity index (χ2v) is 5.08. The minimum atomic E-state index is 0.415. The molecule has 0 unspecified atom stereocenters. The summed E-state index contributed by atoms with van der Waals surface area (Å²) in [7, 11) is 6.02. The molecule has 1 N–H and O–H groups in total. The molecule has 1 rings (SSSR count). The first-order chi connectivity index (χ1) is 8.52. The molecule has 0 spiro atoms. The highest BCUT2D eigenvalue weighted by Crippen LogP contribution is 2.19. The topological polar surface area (TPSA) is 37.4 Å². The van der Waals surface area contributed by atoms with Crippen molar-refractivity contribution >= 4 is 0 Å². The van der Waals surface area contributed by atoms with Crippen LogP contribution in [0.25, 0.3) is 0 Å². The summed E-state index contributed by atoms with van der Waals surface area (Å²) in [6, 6.07) is 4.15. The lowest BCUT2D eigenvalue weighted by molar-refractivity contribution is 0.253. The van der Waals surface area contributed by atoms with E-state index >= 15 is 0 Å². The Hall–Kier alpha value is -1.13. The van der Waals surface area contributed by atoms with Crippen molar-refractivity contribution in [2.45, 2.75) is 26.3 Å². The van der Waals surface area contributed by atoms with Crippen molar-refractivity contribution in [3.63, 3.8) is 0 Å². The van der Waals surface area contributed by atoms with E-state index in [1.165, 1.54) is 5.56 Å². The summed E-state index contributed by atoms with van der Waals surface area (Å²) in [5.41, 5.74) is 2.30. The molecule has 0 aromatic carbocycles. The highest BCUT2D eigenvalue weighted by atomic mass is 16.5. The van der Waals surface area contributed by atoms with Gasteiger partial charge in [0.05, 0.1) is 0 Å². The van der Waals surface area contributed by atoms with Crippen LogP contribution in [-0.2, 0) is 6.54 Å². The second-order valence-electron chi connectivity index (χ2n) is 5.08. The summed E-state index contributed by atoms with van der Waals surface area (Å²) in [5.74, 6) is 1.14. The third-order valence-electron chi connectivity index (χ3n) is 2.64. The maximum Gasteiger partial charge on any atom is 0.213 e. The largest absolute Gasteiger partial charge is 0.476 e. The quantitative estimate of drug-likeness (QED) is 0.802. The molecule has 0 atom stereocenters. The third-order valence-corrected chi connectivity index (χ3v) is 2.64. The zero-order valence-electron chi connectivity index (χ0n) is 12.2. The number of ether oxygens (including phenoxy) is 1. The minimum Gasteiger partial charge on any atom is -0.476 e. The minimum absolute atomic E-state index is 0.415. The predicted octanol–water partition coefficient (Wildman–Crippen LogP) is 1.86. The molecule has 4 heteroatoms. The Kier molecular flexibility index (Phi) is 6.09. The van der Waals surface area contributed by atoms with Crippen LogP contribution >= 0.6 is 0 Å². The Morgan fingerprint density at radius 3 is 2.61 bits per heavy atom. The molecule has 1 aromatic heterocycles. The van der Waals surface area contributed by atoms with Gasteiger partial charge in [0.2, 0.25) is 5.88 Å². The molecule has 0 radical (unpaired) electrons. The van der Waals surface area contributed by atoms with Crippen LogP contribution in [-0.4, -0.2) is 44.2 Å². The molecular weight excluding hydrogens is 226 g/mol. The summed E-state index contributed by atoms with van der Waals surface area (Å²) in [6.07, 6.45) is 0. The van der Waals surface area contributed by atoms with Crippen LogP contribution in [0, 0.1) is 0 Å². The molecule has 1 heterocycles. The highest BCUT2D eigenvalue weighted by molar-refractivity contribution is 5.26. The fourth-order valence-corrected chi connectivity index (χ4v) is 1.59. The van der Waals surface area contributed by atoms with Gasteiger partial charge < -0.3 is 15.0 Å². The van der Waals surface area contributed by atoms with Crippen molar-refractivity contribution in [3.05, 3.63) is 23.4 Å². The van der Waals surface area contributed by atoms with Crippen LogP contribution in [0.2, 0.25) is 0 Å². The number of likely N-dealkylation sites (N-methyl/N-ethyl adjacent to an activating group) is 1. The molecule has 0 bridgehead atoms. The maximum absolute atomic E-state index is 5.71. The van der Waals surface area contributed by atoms with Crippen LogP contribution in [0.15, 0.2) is 12.1 Å². The Bertz CT molecular complexity index is 364.